The molecule has 0 aliphatic carbocycles. The molecule has 0 aliphatic heterocycles. The van der Waals surface area contributed by atoms with Gasteiger partial charge in [0.15, 0.2) is 6.54 Å². The van der Waals surface area contributed by atoms with Crippen LogP contribution < -0.4 is 10.2 Å². The maximum atomic E-state index is 12.2. The number of rotatable bonds is 8. The number of hydrogen-bond donors (Lipinski definition) is 3. The topological polar surface area (TPSA) is 88.5 Å². The van der Waals surface area contributed by atoms with Crippen LogP contribution in [0, 0.1) is 20.8 Å². The predicted octanol–water partition coefficient (Wildman–Crippen LogP) is 1.78. The number of aromatic amines is 1. The molecule has 1 amide bonds. The van der Waals surface area contributed by atoms with E-state index in [-0.39, 0.29) is 17.9 Å². The van der Waals surface area contributed by atoms with Gasteiger partial charge in [-0.3, -0.25) is 4.79 Å². The van der Waals surface area contributed by atoms with Crippen LogP contribution in [0.1, 0.15) is 52.3 Å². The fraction of sp³-hybridized carbons (Fsp3) is 0.550. The van der Waals surface area contributed by atoms with Crippen molar-refractivity contribution in [3.8, 4) is 11.4 Å². The van der Waals surface area contributed by atoms with Crippen molar-refractivity contribution in [1.29, 1.82) is 0 Å². The van der Waals surface area contributed by atoms with Crippen LogP contribution in [0.15, 0.2) is 0 Å². The van der Waals surface area contributed by atoms with Crippen molar-refractivity contribution in [3.05, 3.63) is 26.7 Å². The van der Waals surface area contributed by atoms with Crippen molar-refractivity contribution in [2.75, 3.05) is 20.2 Å². The quantitative estimate of drug-likeness (QED) is 0.582. The fourth-order valence-electron chi connectivity index (χ4n) is 3.22. The van der Waals surface area contributed by atoms with Crippen LogP contribution in [0.5, 0.6) is 0 Å². The molecule has 28 heavy (non-hydrogen) atoms. The Labute approximate surface area is 170 Å². The second-order valence-electron chi connectivity index (χ2n) is 7.39. The number of ether oxygens (including phenoxy) is 1. The van der Waals surface area contributed by atoms with E-state index < -0.39 is 0 Å². The summed E-state index contributed by atoms with van der Waals surface area (Å²) in [7, 11) is 1.99. The zero-order chi connectivity index (χ0) is 21.0. The number of aryl methyl sites for hydroxylation is 2. The second-order valence-corrected chi connectivity index (χ2v) is 8.68. The minimum Gasteiger partial charge on any atom is -0.462 e. The van der Waals surface area contributed by atoms with E-state index in [1.807, 2.05) is 41.7 Å². The zero-order valence-corrected chi connectivity index (χ0v) is 18.6. The van der Waals surface area contributed by atoms with E-state index in [4.69, 9.17) is 9.72 Å². The Morgan fingerprint density at radius 1 is 1.29 bits per heavy atom. The zero-order valence-electron chi connectivity index (χ0n) is 17.8. The average molecular weight is 408 g/mol. The molecule has 0 spiro atoms. The number of thiazole rings is 1. The van der Waals surface area contributed by atoms with E-state index in [1.165, 1.54) is 0 Å². The number of esters is 1. The van der Waals surface area contributed by atoms with Crippen LogP contribution in [0.3, 0.4) is 0 Å². The maximum Gasteiger partial charge on any atom is 0.340 e. The van der Waals surface area contributed by atoms with Crippen LogP contribution in [0.4, 0.5) is 0 Å². The molecule has 154 valence electrons. The summed E-state index contributed by atoms with van der Waals surface area (Å²) in [5, 5.41) is 3.88. The highest BCUT2D eigenvalue weighted by Gasteiger charge is 2.23. The van der Waals surface area contributed by atoms with Crippen molar-refractivity contribution in [1.82, 2.24) is 15.3 Å². The highest BCUT2D eigenvalue weighted by molar-refractivity contribution is 7.12. The lowest BCUT2D eigenvalue weighted by molar-refractivity contribution is -0.885. The lowest BCUT2D eigenvalue weighted by atomic mass is 10.1. The van der Waals surface area contributed by atoms with Gasteiger partial charge in [0, 0.05) is 16.6 Å². The minimum atomic E-state index is -0.312. The molecule has 0 saturated heterocycles. The Bertz CT molecular complexity index is 854. The SMILES string of the molecule is CCOC(=O)c1c(C)[nH]c(-c2nc(C[NH+](C)CC(=O)NC(C)C)sc2C)c1C. The number of nitrogens with one attached hydrogen (secondary N) is 3. The first-order valence-electron chi connectivity index (χ1n) is 9.57. The molecule has 1 unspecified atom stereocenters. The molecule has 0 fully saturated rings. The van der Waals surface area contributed by atoms with E-state index in [0.717, 1.165) is 37.4 Å². The van der Waals surface area contributed by atoms with Gasteiger partial charge in [-0.1, -0.05) is 0 Å². The average Bonchev–Trinajstić information content (AvgIpc) is 3.05. The summed E-state index contributed by atoms with van der Waals surface area (Å²) >= 11 is 1.62. The summed E-state index contributed by atoms with van der Waals surface area (Å²) in [6.07, 6.45) is 0. The molecule has 0 aliphatic rings. The number of amides is 1. The van der Waals surface area contributed by atoms with Gasteiger partial charge in [-0.2, -0.15) is 0 Å². The third-order valence-corrected chi connectivity index (χ3v) is 5.33. The number of H-pyrrole nitrogens is 1. The fourth-order valence-corrected chi connectivity index (χ4v) is 4.28. The maximum absolute atomic E-state index is 12.2. The molecule has 0 aromatic carbocycles. The molecule has 3 N–H and O–H groups in total. The summed E-state index contributed by atoms with van der Waals surface area (Å²) in [5.41, 5.74) is 3.94. The van der Waals surface area contributed by atoms with Gasteiger partial charge in [0.05, 0.1) is 24.9 Å². The summed E-state index contributed by atoms with van der Waals surface area (Å²) in [6.45, 7) is 12.9. The Kier molecular flexibility index (Phi) is 7.37. The van der Waals surface area contributed by atoms with Gasteiger partial charge in [0.25, 0.3) is 5.91 Å². The van der Waals surface area contributed by atoms with Crippen LogP contribution in [0.25, 0.3) is 11.4 Å². The number of carbonyl (C=O) groups is 2. The first kappa shape index (κ1) is 22.1. The first-order valence-corrected chi connectivity index (χ1v) is 10.4. The normalized spacial score (nSPS) is 12.3. The van der Waals surface area contributed by atoms with Crippen LogP contribution in [-0.2, 0) is 16.1 Å². The van der Waals surface area contributed by atoms with E-state index in [9.17, 15) is 9.59 Å². The van der Waals surface area contributed by atoms with E-state index >= 15 is 0 Å². The number of hydrogen-bond acceptors (Lipinski definition) is 5. The number of carbonyl (C=O) groups excluding carboxylic acids is 2. The highest BCUT2D eigenvalue weighted by atomic mass is 32.1. The van der Waals surface area contributed by atoms with Gasteiger partial charge < -0.3 is 19.9 Å². The predicted molar refractivity (Wildman–Crippen MR) is 111 cm³/mol. The lowest BCUT2D eigenvalue weighted by Crippen LogP contribution is -3.09. The van der Waals surface area contributed by atoms with Gasteiger partial charge in [-0.05, 0) is 47.1 Å². The number of quaternary nitrogens is 1. The number of likely N-dealkylation sites (N-methyl/N-ethyl adjacent to an activating group) is 1. The largest absolute Gasteiger partial charge is 0.462 e. The summed E-state index contributed by atoms with van der Waals surface area (Å²) < 4.78 is 5.17. The molecule has 8 heteroatoms. The van der Waals surface area contributed by atoms with Crippen LogP contribution in [0.2, 0.25) is 0 Å². The molecule has 0 radical (unpaired) electrons. The van der Waals surface area contributed by atoms with Crippen molar-refractivity contribution in [3.63, 3.8) is 0 Å². The van der Waals surface area contributed by atoms with Crippen molar-refractivity contribution >= 4 is 23.2 Å². The van der Waals surface area contributed by atoms with Gasteiger partial charge >= 0.3 is 5.97 Å². The van der Waals surface area contributed by atoms with Crippen molar-refractivity contribution < 1.29 is 19.2 Å². The summed E-state index contributed by atoms with van der Waals surface area (Å²) in [5.74, 6) is -0.274. The second kappa shape index (κ2) is 9.34. The van der Waals surface area contributed by atoms with E-state index in [0.29, 0.717) is 25.3 Å². The van der Waals surface area contributed by atoms with Crippen molar-refractivity contribution in [2.45, 2.75) is 54.1 Å². The molecular formula is C20H31N4O3S+. The molecule has 0 bridgehead atoms. The molecular weight excluding hydrogens is 376 g/mol. The van der Waals surface area contributed by atoms with Crippen LogP contribution in [-0.4, -0.2) is 48.1 Å². The minimum absolute atomic E-state index is 0.0379. The van der Waals surface area contributed by atoms with Gasteiger partial charge in [0.2, 0.25) is 0 Å². The Hall–Kier alpha value is -2.19. The molecule has 0 saturated carbocycles. The molecule has 2 aromatic rings. The molecule has 2 rings (SSSR count). The van der Waals surface area contributed by atoms with Gasteiger partial charge in [-0.25, -0.2) is 9.78 Å². The monoisotopic (exact) mass is 407 g/mol. The lowest BCUT2D eigenvalue weighted by Gasteiger charge is -2.13. The summed E-state index contributed by atoms with van der Waals surface area (Å²) in [4.78, 5) is 34.4. The van der Waals surface area contributed by atoms with E-state index in [2.05, 4.69) is 10.3 Å². The Balaban J connectivity index is 2.20. The third kappa shape index (κ3) is 5.20. The van der Waals surface area contributed by atoms with E-state index in [1.54, 1.807) is 18.3 Å². The number of nitrogens with zero attached hydrogens (tertiary/aromatic N) is 1. The van der Waals surface area contributed by atoms with Crippen molar-refractivity contribution in [2.24, 2.45) is 0 Å². The van der Waals surface area contributed by atoms with Crippen LogP contribution >= 0.6 is 11.3 Å². The summed E-state index contributed by atoms with van der Waals surface area (Å²) in [6, 6.07) is 0.140. The third-order valence-electron chi connectivity index (χ3n) is 4.36. The molecule has 2 heterocycles. The smallest absolute Gasteiger partial charge is 0.340 e. The van der Waals surface area contributed by atoms with Gasteiger partial charge in [-0.15, -0.1) is 11.3 Å². The standard InChI is InChI=1S/C20H30N4O3S/c1-8-27-20(26)17-12(4)18(22-13(17)5)19-14(6)28-16(23-19)10-24(7)9-15(25)21-11(2)3/h11,22H,8-10H2,1-7H3,(H,21,25)/p+1. The first-order chi connectivity index (χ1) is 13.1. The Morgan fingerprint density at radius 2 is 1.96 bits per heavy atom. The number of aromatic nitrogens is 2. The molecule has 2 aromatic heterocycles. The van der Waals surface area contributed by atoms with Gasteiger partial charge in [0.1, 0.15) is 17.2 Å². The molecule has 1 atom stereocenters. The Morgan fingerprint density at radius 3 is 2.57 bits per heavy atom. The highest BCUT2D eigenvalue weighted by Crippen LogP contribution is 2.32. The molecule has 7 nitrogen and oxygen atoms in total.